The molecule has 0 aromatic rings. The number of carboxylic acid groups (broad SMARTS) is 1. The summed E-state index contributed by atoms with van der Waals surface area (Å²) in [6.45, 7) is 3.93. The molecule has 0 aromatic carbocycles. The lowest BCUT2D eigenvalue weighted by molar-refractivity contribution is -0.143. The van der Waals surface area contributed by atoms with Crippen molar-refractivity contribution >= 4 is 11.9 Å². The Morgan fingerprint density at radius 3 is 2.20 bits per heavy atom. The highest BCUT2D eigenvalue weighted by Crippen LogP contribution is 2.33. The minimum atomic E-state index is -1.00. The fourth-order valence-corrected chi connectivity index (χ4v) is 2.69. The normalized spacial score (nSPS) is 16.8. The van der Waals surface area contributed by atoms with E-state index in [1.54, 1.807) is 0 Å². The molecule has 1 aliphatic rings. The van der Waals surface area contributed by atoms with E-state index < -0.39 is 17.6 Å². The minimum Gasteiger partial charge on any atom is -0.480 e. The molecule has 5 heteroatoms. The van der Waals surface area contributed by atoms with Gasteiger partial charge in [-0.1, -0.05) is 39.5 Å². The molecule has 1 atom stereocenters. The third-order valence-corrected chi connectivity index (χ3v) is 3.82. The van der Waals surface area contributed by atoms with Gasteiger partial charge in [-0.2, -0.15) is 0 Å². The molecule has 0 aliphatic heterocycles. The van der Waals surface area contributed by atoms with Gasteiger partial charge in [-0.05, 0) is 25.2 Å². The molecule has 1 fully saturated rings. The second-order valence-electron chi connectivity index (χ2n) is 6.04. The Bertz CT molecular complexity index is 333. The van der Waals surface area contributed by atoms with Crippen molar-refractivity contribution < 1.29 is 19.8 Å². The van der Waals surface area contributed by atoms with Gasteiger partial charge in [0.2, 0.25) is 5.91 Å². The Labute approximate surface area is 120 Å². The molecule has 0 saturated heterocycles. The molecule has 0 aromatic heterocycles. The van der Waals surface area contributed by atoms with Crippen LogP contribution in [0.3, 0.4) is 0 Å². The second-order valence-corrected chi connectivity index (χ2v) is 6.04. The Morgan fingerprint density at radius 1 is 1.25 bits per heavy atom. The third kappa shape index (κ3) is 5.90. The standard InChI is InChI=1S/C15H27NO4/c1-3-7-15(20,8-4-2)10-13(17)16-12(14(18)19)9-11-5-6-11/h11-12,20H,3-10H2,1-2H3,(H,16,17)(H,18,19). The molecule has 1 aliphatic carbocycles. The summed E-state index contributed by atoms with van der Waals surface area (Å²) in [6.07, 6.45) is 5.32. The molecule has 0 spiro atoms. The molecule has 0 heterocycles. The minimum absolute atomic E-state index is 0.0108. The zero-order chi connectivity index (χ0) is 15.2. The van der Waals surface area contributed by atoms with E-state index in [0.717, 1.165) is 25.7 Å². The van der Waals surface area contributed by atoms with Crippen molar-refractivity contribution in [3.63, 3.8) is 0 Å². The average Bonchev–Trinajstić information content (AvgIpc) is 3.12. The molecule has 20 heavy (non-hydrogen) atoms. The summed E-state index contributed by atoms with van der Waals surface area (Å²) in [5, 5.41) is 22.1. The Morgan fingerprint density at radius 2 is 1.80 bits per heavy atom. The van der Waals surface area contributed by atoms with E-state index in [9.17, 15) is 14.7 Å². The third-order valence-electron chi connectivity index (χ3n) is 3.82. The number of carbonyl (C=O) groups excluding carboxylic acids is 1. The molecule has 1 unspecified atom stereocenters. The highest BCUT2D eigenvalue weighted by atomic mass is 16.4. The zero-order valence-corrected chi connectivity index (χ0v) is 12.5. The van der Waals surface area contributed by atoms with Crippen molar-refractivity contribution in [1.82, 2.24) is 5.32 Å². The Balaban J connectivity index is 2.51. The maximum Gasteiger partial charge on any atom is 0.326 e. The highest BCUT2D eigenvalue weighted by molar-refractivity contribution is 5.84. The first-order chi connectivity index (χ1) is 9.40. The lowest BCUT2D eigenvalue weighted by Gasteiger charge is -2.27. The average molecular weight is 285 g/mol. The largest absolute Gasteiger partial charge is 0.480 e. The van der Waals surface area contributed by atoms with E-state index >= 15 is 0 Å². The number of hydrogen-bond donors (Lipinski definition) is 3. The van der Waals surface area contributed by atoms with Crippen LogP contribution in [0.15, 0.2) is 0 Å². The van der Waals surface area contributed by atoms with Gasteiger partial charge < -0.3 is 15.5 Å². The van der Waals surface area contributed by atoms with Crippen LogP contribution in [-0.2, 0) is 9.59 Å². The molecule has 0 bridgehead atoms. The van der Waals surface area contributed by atoms with Crippen LogP contribution in [0.4, 0.5) is 0 Å². The number of hydrogen-bond acceptors (Lipinski definition) is 3. The van der Waals surface area contributed by atoms with E-state index in [0.29, 0.717) is 25.2 Å². The van der Waals surface area contributed by atoms with Gasteiger partial charge in [-0.15, -0.1) is 0 Å². The van der Waals surface area contributed by atoms with Gasteiger partial charge >= 0.3 is 5.97 Å². The first kappa shape index (κ1) is 17.0. The fraction of sp³-hybridized carbons (Fsp3) is 0.867. The highest BCUT2D eigenvalue weighted by Gasteiger charge is 2.33. The maximum absolute atomic E-state index is 12.0. The summed E-state index contributed by atoms with van der Waals surface area (Å²) >= 11 is 0. The second kappa shape index (κ2) is 7.62. The first-order valence-corrected chi connectivity index (χ1v) is 7.64. The van der Waals surface area contributed by atoms with Crippen molar-refractivity contribution in [2.24, 2.45) is 5.92 Å². The molecular formula is C15H27NO4. The number of amides is 1. The van der Waals surface area contributed by atoms with Crippen molar-refractivity contribution in [2.75, 3.05) is 0 Å². The number of nitrogens with one attached hydrogen (secondary N) is 1. The topological polar surface area (TPSA) is 86.6 Å². The number of rotatable bonds is 10. The molecular weight excluding hydrogens is 258 g/mol. The van der Waals surface area contributed by atoms with Gasteiger partial charge in [-0.25, -0.2) is 4.79 Å². The van der Waals surface area contributed by atoms with Crippen molar-refractivity contribution in [3.8, 4) is 0 Å². The molecule has 5 nitrogen and oxygen atoms in total. The molecule has 1 saturated carbocycles. The van der Waals surface area contributed by atoms with Crippen molar-refractivity contribution in [1.29, 1.82) is 0 Å². The summed E-state index contributed by atoms with van der Waals surface area (Å²) < 4.78 is 0. The number of carboxylic acids is 1. The first-order valence-electron chi connectivity index (χ1n) is 7.64. The van der Waals surface area contributed by atoms with Crippen LogP contribution in [0.1, 0.15) is 65.2 Å². The van der Waals surface area contributed by atoms with Crippen LogP contribution in [0.25, 0.3) is 0 Å². The van der Waals surface area contributed by atoms with E-state index in [1.165, 1.54) is 0 Å². The molecule has 1 amide bonds. The lowest BCUT2D eigenvalue weighted by atomic mass is 9.89. The van der Waals surface area contributed by atoms with Crippen LogP contribution >= 0.6 is 0 Å². The van der Waals surface area contributed by atoms with E-state index in [2.05, 4.69) is 5.32 Å². The summed E-state index contributed by atoms with van der Waals surface area (Å²) in [6, 6.07) is -0.817. The van der Waals surface area contributed by atoms with E-state index in [4.69, 9.17) is 5.11 Å². The zero-order valence-electron chi connectivity index (χ0n) is 12.5. The van der Waals surface area contributed by atoms with Gasteiger partial charge in [0.15, 0.2) is 0 Å². The summed E-state index contributed by atoms with van der Waals surface area (Å²) in [5.74, 6) is -0.913. The Hall–Kier alpha value is -1.10. The van der Waals surface area contributed by atoms with Crippen LogP contribution in [0.2, 0.25) is 0 Å². The Kier molecular flexibility index (Phi) is 6.46. The SMILES string of the molecule is CCCC(O)(CCC)CC(=O)NC(CC1CC1)C(=O)O. The van der Waals surface area contributed by atoms with Crippen LogP contribution in [-0.4, -0.2) is 33.7 Å². The quantitative estimate of drug-likeness (QED) is 0.573. The van der Waals surface area contributed by atoms with E-state index in [1.807, 2.05) is 13.8 Å². The summed E-state index contributed by atoms with van der Waals surface area (Å²) in [5.41, 5.74) is -1.00. The van der Waals surface area contributed by atoms with Gasteiger partial charge in [0.1, 0.15) is 6.04 Å². The summed E-state index contributed by atoms with van der Waals surface area (Å²) in [4.78, 5) is 23.1. The van der Waals surface area contributed by atoms with Crippen molar-refractivity contribution in [3.05, 3.63) is 0 Å². The van der Waals surface area contributed by atoms with Gasteiger partial charge in [0, 0.05) is 0 Å². The van der Waals surface area contributed by atoms with Crippen molar-refractivity contribution in [2.45, 2.75) is 76.9 Å². The predicted octanol–water partition coefficient (Wildman–Crippen LogP) is 2.08. The summed E-state index contributed by atoms with van der Waals surface area (Å²) in [7, 11) is 0. The van der Waals surface area contributed by atoms with Crippen LogP contribution < -0.4 is 5.32 Å². The lowest BCUT2D eigenvalue weighted by Crippen LogP contribution is -2.44. The van der Waals surface area contributed by atoms with E-state index in [-0.39, 0.29) is 12.3 Å². The number of aliphatic hydroxyl groups is 1. The fourth-order valence-electron chi connectivity index (χ4n) is 2.69. The molecule has 0 radical (unpaired) electrons. The van der Waals surface area contributed by atoms with Crippen LogP contribution in [0, 0.1) is 5.92 Å². The number of aliphatic carboxylic acids is 1. The molecule has 116 valence electrons. The smallest absolute Gasteiger partial charge is 0.326 e. The maximum atomic E-state index is 12.0. The predicted molar refractivity (Wildman–Crippen MR) is 76.3 cm³/mol. The van der Waals surface area contributed by atoms with Gasteiger partial charge in [0.05, 0.1) is 12.0 Å². The van der Waals surface area contributed by atoms with Gasteiger partial charge in [0.25, 0.3) is 0 Å². The number of carbonyl (C=O) groups is 2. The molecule has 3 N–H and O–H groups in total. The van der Waals surface area contributed by atoms with Gasteiger partial charge in [-0.3, -0.25) is 4.79 Å². The molecule has 1 rings (SSSR count). The monoisotopic (exact) mass is 285 g/mol. The van der Waals surface area contributed by atoms with Crippen LogP contribution in [0.5, 0.6) is 0 Å².